The van der Waals surface area contributed by atoms with Crippen molar-refractivity contribution in [3.05, 3.63) is 58.0 Å². The molecule has 25 heavy (non-hydrogen) atoms. The van der Waals surface area contributed by atoms with Crippen LogP contribution >= 0.6 is 0 Å². The SMILES string of the molecule is COc1cccc2c1OCC(NC(=O)CCn1c(C)cccc1=O)C2. The molecule has 2 heterocycles. The molecule has 0 spiro atoms. The Hall–Kier alpha value is -2.76. The number of hydrogen-bond acceptors (Lipinski definition) is 4. The smallest absolute Gasteiger partial charge is 0.250 e. The second kappa shape index (κ2) is 7.42. The van der Waals surface area contributed by atoms with Gasteiger partial charge in [-0.2, -0.15) is 0 Å². The molecule has 1 aromatic heterocycles. The maximum absolute atomic E-state index is 12.2. The highest BCUT2D eigenvalue weighted by Gasteiger charge is 2.23. The number of carbonyl (C=O) groups is 1. The molecule has 0 saturated heterocycles. The van der Waals surface area contributed by atoms with Crippen molar-refractivity contribution in [2.75, 3.05) is 13.7 Å². The van der Waals surface area contributed by atoms with Crippen LogP contribution in [0, 0.1) is 6.92 Å². The van der Waals surface area contributed by atoms with Gasteiger partial charge in [-0.15, -0.1) is 0 Å². The first-order valence-corrected chi connectivity index (χ1v) is 8.33. The minimum atomic E-state index is -0.0881. The lowest BCUT2D eigenvalue weighted by molar-refractivity contribution is -0.122. The topological polar surface area (TPSA) is 69.6 Å². The Morgan fingerprint density at radius 2 is 2.12 bits per heavy atom. The standard InChI is InChI=1S/C19H22N2O4/c1-13-5-3-8-18(23)21(13)10-9-17(22)20-15-11-14-6-4-7-16(24-2)19(14)25-12-15/h3-8,15H,9-12H2,1-2H3,(H,20,22). The number of hydrogen-bond donors (Lipinski definition) is 1. The van der Waals surface area contributed by atoms with Crippen LogP contribution in [0.3, 0.4) is 0 Å². The zero-order chi connectivity index (χ0) is 17.8. The summed E-state index contributed by atoms with van der Waals surface area (Å²) in [5.41, 5.74) is 1.78. The average Bonchev–Trinajstić information content (AvgIpc) is 2.60. The van der Waals surface area contributed by atoms with Gasteiger partial charge in [-0.1, -0.05) is 18.2 Å². The van der Waals surface area contributed by atoms with E-state index in [0.29, 0.717) is 25.3 Å². The quantitative estimate of drug-likeness (QED) is 0.897. The van der Waals surface area contributed by atoms with Gasteiger partial charge in [0.25, 0.3) is 5.56 Å². The number of fused-ring (bicyclic) bond motifs is 1. The summed E-state index contributed by atoms with van der Waals surface area (Å²) in [6, 6.07) is 10.7. The molecular formula is C19H22N2O4. The molecule has 132 valence electrons. The predicted octanol–water partition coefficient (Wildman–Crippen LogP) is 1.68. The number of amides is 1. The zero-order valence-electron chi connectivity index (χ0n) is 14.5. The number of methoxy groups -OCH3 is 1. The summed E-state index contributed by atoms with van der Waals surface area (Å²) < 4.78 is 12.7. The molecule has 6 nitrogen and oxygen atoms in total. The lowest BCUT2D eigenvalue weighted by Gasteiger charge is -2.27. The molecular weight excluding hydrogens is 320 g/mol. The number of benzene rings is 1. The van der Waals surface area contributed by atoms with Crippen LogP contribution in [-0.2, 0) is 17.8 Å². The lowest BCUT2D eigenvalue weighted by atomic mass is 10.0. The third-order valence-corrected chi connectivity index (χ3v) is 4.37. The molecule has 2 aromatic rings. The van der Waals surface area contributed by atoms with Crippen molar-refractivity contribution < 1.29 is 14.3 Å². The molecule has 1 aliphatic rings. The van der Waals surface area contributed by atoms with E-state index in [0.717, 1.165) is 17.0 Å². The van der Waals surface area contributed by atoms with Crippen LogP contribution in [0.25, 0.3) is 0 Å². The van der Waals surface area contributed by atoms with Crippen LogP contribution < -0.4 is 20.3 Å². The van der Waals surface area contributed by atoms with E-state index < -0.39 is 0 Å². The summed E-state index contributed by atoms with van der Waals surface area (Å²) in [6.07, 6.45) is 0.953. The average molecular weight is 342 g/mol. The first kappa shape index (κ1) is 17.1. The Kier molecular flexibility index (Phi) is 5.07. The van der Waals surface area contributed by atoms with Gasteiger partial charge in [-0.3, -0.25) is 9.59 Å². The molecule has 1 unspecified atom stereocenters. The number of pyridine rings is 1. The first-order chi connectivity index (χ1) is 12.1. The third-order valence-electron chi connectivity index (χ3n) is 4.37. The summed E-state index contributed by atoms with van der Waals surface area (Å²) in [7, 11) is 1.61. The van der Waals surface area contributed by atoms with Gasteiger partial charge in [0.15, 0.2) is 11.5 Å². The molecule has 1 amide bonds. The number of nitrogens with zero attached hydrogens (tertiary/aromatic N) is 1. The van der Waals surface area contributed by atoms with Gasteiger partial charge in [0.1, 0.15) is 6.61 Å². The van der Waals surface area contributed by atoms with Gasteiger partial charge in [0.05, 0.1) is 13.2 Å². The van der Waals surface area contributed by atoms with Crippen LogP contribution in [0.5, 0.6) is 11.5 Å². The van der Waals surface area contributed by atoms with Gasteiger partial charge in [0, 0.05) is 30.3 Å². The lowest BCUT2D eigenvalue weighted by Crippen LogP contribution is -2.43. The zero-order valence-corrected chi connectivity index (χ0v) is 14.5. The highest BCUT2D eigenvalue weighted by Crippen LogP contribution is 2.34. The number of ether oxygens (including phenoxy) is 2. The van der Waals surface area contributed by atoms with Crippen molar-refractivity contribution in [3.8, 4) is 11.5 Å². The fraction of sp³-hybridized carbons (Fsp3) is 0.368. The van der Waals surface area contributed by atoms with Gasteiger partial charge in [-0.25, -0.2) is 0 Å². The van der Waals surface area contributed by atoms with E-state index in [1.54, 1.807) is 17.7 Å². The van der Waals surface area contributed by atoms with Crippen molar-refractivity contribution in [1.82, 2.24) is 9.88 Å². The molecule has 0 bridgehead atoms. The minimum absolute atomic E-state index is 0.0827. The Balaban J connectivity index is 1.58. The predicted molar refractivity (Wildman–Crippen MR) is 94.2 cm³/mol. The number of aromatic nitrogens is 1. The van der Waals surface area contributed by atoms with Crippen molar-refractivity contribution in [1.29, 1.82) is 0 Å². The Bertz CT molecular complexity index is 828. The number of carbonyl (C=O) groups excluding carboxylic acids is 1. The van der Waals surface area contributed by atoms with Gasteiger partial charge in [0.2, 0.25) is 5.91 Å². The summed E-state index contributed by atoms with van der Waals surface area (Å²) in [5, 5.41) is 2.99. The fourth-order valence-electron chi connectivity index (χ4n) is 3.07. The highest BCUT2D eigenvalue weighted by atomic mass is 16.5. The summed E-state index contributed by atoms with van der Waals surface area (Å²) in [6.45, 7) is 2.64. The Labute approximate surface area is 146 Å². The number of nitrogens with one attached hydrogen (secondary N) is 1. The van der Waals surface area contributed by atoms with E-state index in [4.69, 9.17) is 9.47 Å². The van der Waals surface area contributed by atoms with E-state index in [1.165, 1.54) is 6.07 Å². The molecule has 0 radical (unpaired) electrons. The molecule has 1 aliphatic heterocycles. The second-order valence-electron chi connectivity index (χ2n) is 6.14. The molecule has 3 rings (SSSR count). The number of rotatable bonds is 5. The molecule has 0 fully saturated rings. The summed E-state index contributed by atoms with van der Waals surface area (Å²) in [4.78, 5) is 24.1. The van der Waals surface area contributed by atoms with Crippen molar-refractivity contribution in [2.24, 2.45) is 0 Å². The van der Waals surface area contributed by atoms with Crippen LogP contribution in [0.15, 0.2) is 41.2 Å². The van der Waals surface area contributed by atoms with Gasteiger partial charge in [-0.05, 0) is 25.5 Å². The van der Waals surface area contributed by atoms with Gasteiger partial charge < -0.3 is 19.4 Å². The third kappa shape index (κ3) is 3.84. The van der Waals surface area contributed by atoms with Crippen molar-refractivity contribution >= 4 is 5.91 Å². The molecule has 0 aliphatic carbocycles. The molecule has 1 atom stereocenters. The summed E-state index contributed by atoms with van der Waals surface area (Å²) >= 11 is 0. The number of aryl methyl sites for hydroxylation is 1. The largest absolute Gasteiger partial charge is 0.493 e. The molecule has 6 heteroatoms. The fourth-order valence-corrected chi connectivity index (χ4v) is 3.07. The first-order valence-electron chi connectivity index (χ1n) is 8.33. The van der Waals surface area contributed by atoms with E-state index in [-0.39, 0.29) is 23.9 Å². The van der Waals surface area contributed by atoms with E-state index in [1.807, 2.05) is 31.2 Å². The molecule has 0 saturated carbocycles. The van der Waals surface area contributed by atoms with Crippen molar-refractivity contribution in [3.63, 3.8) is 0 Å². The summed E-state index contributed by atoms with van der Waals surface area (Å²) in [5.74, 6) is 1.37. The normalized spacial score (nSPS) is 15.8. The van der Waals surface area contributed by atoms with Crippen LogP contribution in [0.1, 0.15) is 17.7 Å². The monoisotopic (exact) mass is 342 g/mol. The maximum Gasteiger partial charge on any atom is 0.250 e. The van der Waals surface area contributed by atoms with Crippen LogP contribution in [0.2, 0.25) is 0 Å². The van der Waals surface area contributed by atoms with E-state index in [2.05, 4.69) is 5.32 Å². The molecule has 1 aromatic carbocycles. The van der Waals surface area contributed by atoms with Gasteiger partial charge >= 0.3 is 0 Å². The Morgan fingerprint density at radius 1 is 1.32 bits per heavy atom. The maximum atomic E-state index is 12.2. The van der Waals surface area contributed by atoms with E-state index >= 15 is 0 Å². The minimum Gasteiger partial charge on any atom is -0.493 e. The highest BCUT2D eigenvalue weighted by molar-refractivity contribution is 5.76. The number of para-hydroxylation sites is 1. The van der Waals surface area contributed by atoms with Crippen molar-refractivity contribution in [2.45, 2.75) is 32.4 Å². The van der Waals surface area contributed by atoms with Crippen LogP contribution in [-0.4, -0.2) is 30.2 Å². The Morgan fingerprint density at radius 3 is 2.88 bits per heavy atom. The molecule has 1 N–H and O–H groups in total. The van der Waals surface area contributed by atoms with E-state index in [9.17, 15) is 9.59 Å². The van der Waals surface area contributed by atoms with Crippen LogP contribution in [0.4, 0.5) is 0 Å². The second-order valence-corrected chi connectivity index (χ2v) is 6.14.